The molecule has 1 heterocycles. The third-order valence-electron chi connectivity index (χ3n) is 3.39. The van der Waals surface area contributed by atoms with Crippen molar-refractivity contribution in [3.8, 4) is 0 Å². The first-order valence-electron chi connectivity index (χ1n) is 6.63. The van der Waals surface area contributed by atoms with Crippen LogP contribution in [0.4, 0.5) is 11.4 Å². The van der Waals surface area contributed by atoms with Gasteiger partial charge < -0.3 is 0 Å². The number of amidine groups is 1. The zero-order valence-corrected chi connectivity index (χ0v) is 12.1. The highest BCUT2D eigenvalue weighted by atomic mass is 35.5. The Bertz CT molecular complexity index is 689. The fraction of sp³-hybridized carbons (Fsp3) is 0.118. The monoisotopic (exact) mass is 282 g/mol. The molecule has 0 amide bonds. The lowest BCUT2D eigenvalue weighted by molar-refractivity contribution is 1.16. The summed E-state index contributed by atoms with van der Waals surface area (Å²) in [6.07, 6.45) is 0.833. The molecule has 2 nitrogen and oxygen atoms in total. The molecule has 3 heteroatoms. The molecular weight excluding hydrogens is 268 g/mol. The SMILES string of the molecule is C=C1c2c(Cl)cccc2N=C(CC)N1c1ccccc1. The van der Waals surface area contributed by atoms with Gasteiger partial charge in [-0.15, -0.1) is 0 Å². The standard InChI is InChI=1S/C17H15ClN2/c1-3-16-19-15-11-7-10-14(18)17(15)12(2)20(16)13-8-5-4-6-9-13/h4-11H,2-3H2,1H3. The molecule has 0 unspecified atom stereocenters. The quantitative estimate of drug-likeness (QED) is 0.732. The lowest BCUT2D eigenvalue weighted by Gasteiger charge is -2.32. The van der Waals surface area contributed by atoms with Gasteiger partial charge in [-0.25, -0.2) is 4.99 Å². The van der Waals surface area contributed by atoms with Crippen molar-refractivity contribution in [1.82, 2.24) is 0 Å². The molecule has 0 bridgehead atoms. The van der Waals surface area contributed by atoms with Crippen molar-refractivity contribution >= 4 is 34.5 Å². The van der Waals surface area contributed by atoms with Crippen LogP contribution in [0.15, 0.2) is 60.1 Å². The van der Waals surface area contributed by atoms with Crippen molar-refractivity contribution in [2.75, 3.05) is 4.90 Å². The first-order valence-corrected chi connectivity index (χ1v) is 7.00. The Kier molecular flexibility index (Phi) is 3.33. The molecule has 0 N–H and O–H groups in total. The summed E-state index contributed by atoms with van der Waals surface area (Å²) in [5, 5.41) is 0.687. The maximum absolute atomic E-state index is 6.32. The summed E-state index contributed by atoms with van der Waals surface area (Å²) in [6.45, 7) is 6.33. The van der Waals surface area contributed by atoms with E-state index in [-0.39, 0.29) is 0 Å². The highest BCUT2D eigenvalue weighted by Crippen LogP contribution is 2.40. The van der Waals surface area contributed by atoms with E-state index < -0.39 is 0 Å². The zero-order valence-electron chi connectivity index (χ0n) is 11.3. The van der Waals surface area contributed by atoms with E-state index in [1.54, 1.807) is 0 Å². The van der Waals surface area contributed by atoms with Gasteiger partial charge in [0, 0.05) is 17.7 Å². The molecular formula is C17H15ClN2. The van der Waals surface area contributed by atoms with Gasteiger partial charge in [0.2, 0.25) is 0 Å². The van der Waals surface area contributed by atoms with Crippen molar-refractivity contribution in [3.05, 3.63) is 65.7 Å². The van der Waals surface area contributed by atoms with E-state index in [9.17, 15) is 0 Å². The van der Waals surface area contributed by atoms with Crippen LogP contribution in [-0.2, 0) is 0 Å². The Hall–Kier alpha value is -2.06. The Morgan fingerprint density at radius 1 is 1.10 bits per heavy atom. The van der Waals surface area contributed by atoms with Crippen LogP contribution in [-0.4, -0.2) is 5.84 Å². The third kappa shape index (κ3) is 2.02. The molecule has 0 saturated heterocycles. The average Bonchev–Trinajstić information content (AvgIpc) is 2.47. The summed E-state index contributed by atoms with van der Waals surface area (Å²) in [5.74, 6) is 0.982. The van der Waals surface area contributed by atoms with Crippen molar-refractivity contribution in [2.24, 2.45) is 4.99 Å². The number of halogens is 1. The average molecular weight is 283 g/mol. The largest absolute Gasteiger partial charge is 0.298 e. The first-order chi connectivity index (χ1) is 9.72. The summed E-state index contributed by atoms with van der Waals surface area (Å²) in [4.78, 5) is 6.81. The number of nitrogens with zero attached hydrogens (tertiary/aromatic N) is 2. The Morgan fingerprint density at radius 2 is 1.85 bits per heavy atom. The number of para-hydroxylation sites is 1. The van der Waals surface area contributed by atoms with E-state index in [1.807, 2.05) is 36.4 Å². The molecule has 1 aliphatic heterocycles. The van der Waals surface area contributed by atoms with Crippen molar-refractivity contribution < 1.29 is 0 Å². The molecule has 3 rings (SSSR count). The third-order valence-corrected chi connectivity index (χ3v) is 3.70. The molecule has 0 aliphatic carbocycles. The summed E-state index contributed by atoms with van der Waals surface area (Å²) in [6, 6.07) is 15.9. The number of rotatable bonds is 2. The summed E-state index contributed by atoms with van der Waals surface area (Å²) in [7, 11) is 0. The van der Waals surface area contributed by atoms with Gasteiger partial charge in [0.25, 0.3) is 0 Å². The van der Waals surface area contributed by atoms with Crippen molar-refractivity contribution in [3.63, 3.8) is 0 Å². The minimum atomic E-state index is 0.687. The van der Waals surface area contributed by atoms with Crippen LogP contribution in [0.25, 0.3) is 5.70 Å². The molecule has 1 aliphatic rings. The Morgan fingerprint density at radius 3 is 2.55 bits per heavy atom. The molecule has 0 saturated carbocycles. The van der Waals surface area contributed by atoms with E-state index in [0.717, 1.165) is 34.9 Å². The van der Waals surface area contributed by atoms with E-state index in [0.29, 0.717) is 5.02 Å². The molecule has 0 radical (unpaired) electrons. The highest BCUT2D eigenvalue weighted by molar-refractivity contribution is 6.33. The van der Waals surface area contributed by atoms with Crippen LogP contribution in [0.1, 0.15) is 18.9 Å². The minimum Gasteiger partial charge on any atom is -0.298 e. The molecule has 0 aromatic heterocycles. The van der Waals surface area contributed by atoms with Gasteiger partial charge in [-0.3, -0.25) is 4.90 Å². The fourth-order valence-electron chi connectivity index (χ4n) is 2.47. The second kappa shape index (κ2) is 5.14. The number of hydrogen-bond acceptors (Lipinski definition) is 2. The minimum absolute atomic E-state index is 0.687. The van der Waals surface area contributed by atoms with Gasteiger partial charge in [0.1, 0.15) is 5.84 Å². The van der Waals surface area contributed by atoms with E-state index in [2.05, 4.69) is 30.5 Å². The van der Waals surface area contributed by atoms with Crippen LogP contribution in [0.5, 0.6) is 0 Å². The zero-order chi connectivity index (χ0) is 14.1. The Labute approximate surface area is 124 Å². The number of aliphatic imine (C=N–C) groups is 1. The highest BCUT2D eigenvalue weighted by Gasteiger charge is 2.25. The first kappa shape index (κ1) is 12.9. The van der Waals surface area contributed by atoms with Gasteiger partial charge in [-0.05, 0) is 24.3 Å². The van der Waals surface area contributed by atoms with Crippen LogP contribution < -0.4 is 4.90 Å². The summed E-state index contributed by atoms with van der Waals surface area (Å²) in [5.41, 5.74) is 3.74. The van der Waals surface area contributed by atoms with E-state index in [1.165, 1.54) is 0 Å². The molecule has 2 aromatic carbocycles. The number of hydrogen-bond donors (Lipinski definition) is 0. The van der Waals surface area contributed by atoms with Gasteiger partial charge in [-0.1, -0.05) is 49.4 Å². The molecule has 0 spiro atoms. The van der Waals surface area contributed by atoms with Crippen LogP contribution in [0, 0.1) is 0 Å². The van der Waals surface area contributed by atoms with Crippen molar-refractivity contribution in [1.29, 1.82) is 0 Å². The van der Waals surface area contributed by atoms with Crippen LogP contribution in [0.2, 0.25) is 5.02 Å². The van der Waals surface area contributed by atoms with Crippen LogP contribution >= 0.6 is 11.6 Å². The maximum atomic E-state index is 6.32. The normalized spacial score (nSPS) is 14.0. The van der Waals surface area contributed by atoms with E-state index >= 15 is 0 Å². The molecule has 2 aromatic rings. The predicted molar refractivity (Wildman–Crippen MR) is 86.8 cm³/mol. The summed E-state index contributed by atoms with van der Waals surface area (Å²) >= 11 is 6.32. The number of fused-ring (bicyclic) bond motifs is 1. The number of benzene rings is 2. The fourth-order valence-corrected chi connectivity index (χ4v) is 2.75. The topological polar surface area (TPSA) is 15.6 Å². The predicted octanol–water partition coefficient (Wildman–Crippen LogP) is 5.27. The Balaban J connectivity index is 2.19. The number of anilines is 1. The second-order valence-corrected chi connectivity index (χ2v) is 5.04. The second-order valence-electron chi connectivity index (χ2n) is 4.63. The molecule has 0 atom stereocenters. The smallest absolute Gasteiger partial charge is 0.114 e. The van der Waals surface area contributed by atoms with Crippen molar-refractivity contribution in [2.45, 2.75) is 13.3 Å². The van der Waals surface area contributed by atoms with Gasteiger partial charge in [0.05, 0.1) is 16.4 Å². The van der Waals surface area contributed by atoms with E-state index in [4.69, 9.17) is 16.6 Å². The lowest BCUT2D eigenvalue weighted by Crippen LogP contribution is -2.30. The summed E-state index contributed by atoms with van der Waals surface area (Å²) < 4.78 is 0. The van der Waals surface area contributed by atoms with Gasteiger partial charge >= 0.3 is 0 Å². The molecule has 100 valence electrons. The maximum Gasteiger partial charge on any atom is 0.114 e. The van der Waals surface area contributed by atoms with Crippen LogP contribution in [0.3, 0.4) is 0 Å². The van der Waals surface area contributed by atoms with Gasteiger partial charge in [0.15, 0.2) is 0 Å². The van der Waals surface area contributed by atoms with Gasteiger partial charge in [-0.2, -0.15) is 0 Å². The lowest BCUT2D eigenvalue weighted by atomic mass is 10.1. The molecule has 0 fully saturated rings. The molecule has 20 heavy (non-hydrogen) atoms.